The van der Waals surface area contributed by atoms with Crippen molar-refractivity contribution >= 4 is 17.4 Å². The molecule has 1 saturated heterocycles. The van der Waals surface area contributed by atoms with Crippen LogP contribution in [0.25, 0.3) is 5.65 Å². The molecule has 0 radical (unpaired) electrons. The van der Waals surface area contributed by atoms with Gasteiger partial charge >= 0.3 is 12.1 Å². The van der Waals surface area contributed by atoms with Crippen molar-refractivity contribution in [3.8, 4) is 0 Å². The Hall–Kier alpha value is -2.39. The van der Waals surface area contributed by atoms with Crippen LogP contribution in [-0.4, -0.2) is 44.9 Å². The number of carboxylic acid groups (broad SMARTS) is 1. The van der Waals surface area contributed by atoms with Crippen molar-refractivity contribution in [1.82, 2.24) is 14.6 Å². The average molecular weight is 499 g/mol. The fraction of sp³-hybridized carbons (Fsp3) is 0.720. The molecule has 1 aliphatic carbocycles. The van der Waals surface area contributed by atoms with Crippen molar-refractivity contribution in [3.05, 3.63) is 22.8 Å². The summed E-state index contributed by atoms with van der Waals surface area (Å²) >= 11 is 0. The van der Waals surface area contributed by atoms with Gasteiger partial charge in [-0.25, -0.2) is 9.37 Å². The molecule has 3 heterocycles. The Morgan fingerprint density at radius 3 is 2.43 bits per heavy atom. The van der Waals surface area contributed by atoms with E-state index in [0.29, 0.717) is 37.3 Å². The summed E-state index contributed by atoms with van der Waals surface area (Å²) < 4.78 is 56.6. The van der Waals surface area contributed by atoms with Gasteiger partial charge in [0, 0.05) is 30.3 Å². The van der Waals surface area contributed by atoms with Gasteiger partial charge in [-0.15, -0.1) is 0 Å². The van der Waals surface area contributed by atoms with E-state index in [1.54, 1.807) is 0 Å². The number of hydrogen-bond donors (Lipinski definition) is 1. The SMILES string of the molecule is CC[C@]1(C(=O)O)CCCN(c2c(C(C)C)c(C)nc3c(F)c(C4CCC(C(F)(F)F)CC4)nn23)C1. The maximum Gasteiger partial charge on any atom is 0.391 e. The van der Waals surface area contributed by atoms with Crippen LogP contribution in [0.15, 0.2) is 0 Å². The van der Waals surface area contributed by atoms with E-state index >= 15 is 4.39 Å². The molecular formula is C25H34F4N4O2. The molecule has 0 amide bonds. The van der Waals surface area contributed by atoms with Gasteiger partial charge in [0.15, 0.2) is 11.5 Å². The third kappa shape index (κ3) is 4.48. The minimum atomic E-state index is -4.23. The second kappa shape index (κ2) is 9.24. The van der Waals surface area contributed by atoms with E-state index in [9.17, 15) is 23.1 Å². The maximum absolute atomic E-state index is 15.7. The average Bonchev–Trinajstić information content (AvgIpc) is 3.13. The third-order valence-corrected chi connectivity index (χ3v) is 8.10. The van der Waals surface area contributed by atoms with Crippen LogP contribution in [0.5, 0.6) is 0 Å². The Morgan fingerprint density at radius 1 is 1.23 bits per heavy atom. The van der Waals surface area contributed by atoms with Crippen LogP contribution in [0.1, 0.15) is 94.5 Å². The van der Waals surface area contributed by atoms with Crippen LogP contribution in [0.3, 0.4) is 0 Å². The molecule has 0 unspecified atom stereocenters. The van der Waals surface area contributed by atoms with Crippen molar-refractivity contribution in [2.45, 2.75) is 90.7 Å². The number of aryl methyl sites for hydroxylation is 1. The third-order valence-electron chi connectivity index (χ3n) is 8.10. The molecule has 10 heteroatoms. The second-order valence-electron chi connectivity index (χ2n) is 10.6. The number of carboxylic acids is 1. The van der Waals surface area contributed by atoms with Crippen LogP contribution >= 0.6 is 0 Å². The van der Waals surface area contributed by atoms with E-state index in [-0.39, 0.29) is 49.5 Å². The van der Waals surface area contributed by atoms with E-state index in [1.165, 1.54) is 4.52 Å². The molecule has 2 aromatic heterocycles. The molecule has 0 bridgehead atoms. The quantitative estimate of drug-likeness (QED) is 0.496. The number of rotatable bonds is 5. The molecule has 1 N–H and O–H groups in total. The largest absolute Gasteiger partial charge is 0.481 e. The summed E-state index contributed by atoms with van der Waals surface area (Å²) in [5, 5.41) is 14.6. The summed E-state index contributed by atoms with van der Waals surface area (Å²) in [5.74, 6) is -2.50. The lowest BCUT2D eigenvalue weighted by Gasteiger charge is -2.41. The number of carbonyl (C=O) groups is 1. The van der Waals surface area contributed by atoms with Gasteiger partial charge in [0.25, 0.3) is 0 Å². The molecule has 35 heavy (non-hydrogen) atoms. The van der Waals surface area contributed by atoms with Crippen LogP contribution in [0.4, 0.5) is 23.4 Å². The second-order valence-corrected chi connectivity index (χ2v) is 10.6. The summed E-state index contributed by atoms with van der Waals surface area (Å²) in [4.78, 5) is 18.7. The predicted octanol–water partition coefficient (Wildman–Crippen LogP) is 6.22. The normalized spacial score (nSPS) is 26.0. The smallest absolute Gasteiger partial charge is 0.391 e. The minimum Gasteiger partial charge on any atom is -0.481 e. The summed E-state index contributed by atoms with van der Waals surface area (Å²) in [5.41, 5.74) is 0.844. The Labute approximate surface area is 202 Å². The summed E-state index contributed by atoms with van der Waals surface area (Å²) in [6.07, 6.45) is -2.15. The topological polar surface area (TPSA) is 70.7 Å². The lowest BCUT2D eigenvalue weighted by atomic mass is 9.77. The lowest BCUT2D eigenvalue weighted by Crippen LogP contribution is -2.48. The highest BCUT2D eigenvalue weighted by Gasteiger charge is 2.44. The van der Waals surface area contributed by atoms with Gasteiger partial charge in [-0.1, -0.05) is 20.8 Å². The number of nitrogens with zero attached hydrogens (tertiary/aromatic N) is 4. The minimum absolute atomic E-state index is 0.0302. The molecule has 0 spiro atoms. The first kappa shape index (κ1) is 25.7. The molecule has 2 fully saturated rings. The number of anilines is 1. The van der Waals surface area contributed by atoms with Gasteiger partial charge in [0.1, 0.15) is 11.5 Å². The molecule has 2 aliphatic rings. The zero-order valence-corrected chi connectivity index (χ0v) is 20.8. The zero-order valence-electron chi connectivity index (χ0n) is 20.8. The Balaban J connectivity index is 1.80. The Morgan fingerprint density at radius 2 is 1.89 bits per heavy atom. The zero-order chi connectivity index (χ0) is 25.7. The van der Waals surface area contributed by atoms with Crippen molar-refractivity contribution < 1.29 is 27.5 Å². The fourth-order valence-electron chi connectivity index (χ4n) is 6.01. The molecule has 1 saturated carbocycles. The van der Waals surface area contributed by atoms with Crippen LogP contribution in [0, 0.1) is 24.1 Å². The molecule has 1 atom stereocenters. The van der Waals surface area contributed by atoms with Gasteiger partial charge < -0.3 is 10.0 Å². The number of fused-ring (bicyclic) bond motifs is 1. The van der Waals surface area contributed by atoms with E-state index in [1.807, 2.05) is 32.6 Å². The fourth-order valence-corrected chi connectivity index (χ4v) is 6.01. The number of aliphatic carboxylic acids is 1. The number of aromatic nitrogens is 3. The first-order chi connectivity index (χ1) is 16.4. The number of hydrogen-bond acceptors (Lipinski definition) is 4. The van der Waals surface area contributed by atoms with Crippen molar-refractivity contribution in [3.63, 3.8) is 0 Å². The van der Waals surface area contributed by atoms with Crippen molar-refractivity contribution in [2.75, 3.05) is 18.0 Å². The molecule has 194 valence electrons. The Bertz CT molecular complexity index is 1110. The van der Waals surface area contributed by atoms with Gasteiger partial charge in [-0.2, -0.15) is 22.8 Å². The highest BCUT2D eigenvalue weighted by molar-refractivity contribution is 5.76. The molecule has 2 aromatic rings. The molecular weight excluding hydrogens is 464 g/mol. The molecule has 0 aromatic carbocycles. The first-order valence-electron chi connectivity index (χ1n) is 12.5. The van der Waals surface area contributed by atoms with Crippen molar-refractivity contribution in [1.29, 1.82) is 0 Å². The van der Waals surface area contributed by atoms with E-state index in [4.69, 9.17) is 0 Å². The number of halogens is 4. The van der Waals surface area contributed by atoms with Crippen molar-refractivity contribution in [2.24, 2.45) is 11.3 Å². The maximum atomic E-state index is 15.7. The summed E-state index contributed by atoms with van der Waals surface area (Å²) in [7, 11) is 0. The van der Waals surface area contributed by atoms with E-state index in [2.05, 4.69) is 10.1 Å². The highest BCUT2D eigenvalue weighted by atomic mass is 19.4. The van der Waals surface area contributed by atoms with E-state index in [0.717, 1.165) is 5.56 Å². The van der Waals surface area contributed by atoms with Gasteiger partial charge in [-0.3, -0.25) is 4.79 Å². The van der Waals surface area contributed by atoms with Gasteiger partial charge in [0.05, 0.1) is 11.3 Å². The van der Waals surface area contributed by atoms with E-state index < -0.39 is 35.2 Å². The highest BCUT2D eigenvalue weighted by Crippen LogP contribution is 2.44. The first-order valence-corrected chi connectivity index (χ1v) is 12.5. The number of alkyl halides is 3. The van der Waals surface area contributed by atoms with Crippen LogP contribution < -0.4 is 4.90 Å². The monoisotopic (exact) mass is 498 g/mol. The van der Waals surface area contributed by atoms with Crippen LogP contribution in [0.2, 0.25) is 0 Å². The summed E-state index contributed by atoms with van der Waals surface area (Å²) in [6, 6.07) is 0. The lowest BCUT2D eigenvalue weighted by molar-refractivity contribution is -0.182. The summed E-state index contributed by atoms with van der Waals surface area (Å²) in [6.45, 7) is 8.59. The standard InChI is InChI=1S/C25H34F4N4O2/c1-5-24(23(34)35)11-6-12-32(13-24)22-18(14(2)3)15(4)30-21-19(26)20(31-33(21)22)16-7-9-17(10-8-16)25(27,28)29/h14,16-17H,5-13H2,1-4H3,(H,34,35)/t16?,17?,24-/m0/s1. The Kier molecular flexibility index (Phi) is 6.79. The number of piperidine rings is 1. The molecule has 6 nitrogen and oxygen atoms in total. The molecule has 1 aliphatic heterocycles. The predicted molar refractivity (Wildman–Crippen MR) is 124 cm³/mol. The van der Waals surface area contributed by atoms with Gasteiger partial charge in [0.2, 0.25) is 0 Å². The van der Waals surface area contributed by atoms with Crippen LogP contribution in [-0.2, 0) is 4.79 Å². The molecule has 4 rings (SSSR count). The van der Waals surface area contributed by atoms with Gasteiger partial charge in [-0.05, 0) is 57.8 Å².